The maximum atomic E-state index is 12.8. The van der Waals surface area contributed by atoms with Gasteiger partial charge in [-0.1, -0.05) is 57.4 Å². The van der Waals surface area contributed by atoms with Gasteiger partial charge in [-0.15, -0.1) is 0 Å². The summed E-state index contributed by atoms with van der Waals surface area (Å²) in [5, 5.41) is 13.2. The summed E-state index contributed by atoms with van der Waals surface area (Å²) in [5.41, 5.74) is 4.77. The van der Waals surface area contributed by atoms with E-state index in [1.807, 2.05) is 39.0 Å². The first-order chi connectivity index (χ1) is 20.8. The van der Waals surface area contributed by atoms with Gasteiger partial charge in [0.05, 0.1) is 46.5 Å². The lowest BCUT2D eigenvalue weighted by molar-refractivity contribution is -0.887. The lowest BCUT2D eigenvalue weighted by atomic mass is 9.89. The second-order valence-electron chi connectivity index (χ2n) is 12.2. The topological polar surface area (TPSA) is 94.1 Å². The average molecular weight is 616 g/mol. The number of hydrogen-bond donors (Lipinski definition) is 2. The minimum Gasteiger partial charge on any atom is -0.512 e. The molecule has 1 heterocycles. The molecular weight excluding hydrogens is 556 g/mol. The van der Waals surface area contributed by atoms with Gasteiger partial charge < -0.3 is 23.8 Å². The number of carbonyl (C=O) groups excluding carboxylic acids is 2. The highest BCUT2D eigenvalue weighted by Gasteiger charge is 2.29. The third-order valence-corrected chi connectivity index (χ3v) is 8.13. The van der Waals surface area contributed by atoms with E-state index in [0.29, 0.717) is 12.0 Å². The van der Waals surface area contributed by atoms with Gasteiger partial charge >= 0.3 is 12.1 Å². The molecule has 2 N–H and O–H groups in total. The number of rotatable bonds is 11. The number of methoxy groups -OCH3 is 2. The molecule has 0 aromatic rings. The number of ether oxygens (including phenoxy) is 3. The van der Waals surface area contributed by atoms with Crippen LogP contribution in [0.15, 0.2) is 69.9 Å². The van der Waals surface area contributed by atoms with Crippen LogP contribution in [0.5, 0.6) is 0 Å². The molecule has 0 saturated heterocycles. The van der Waals surface area contributed by atoms with Gasteiger partial charge in [-0.05, 0) is 64.2 Å². The smallest absolute Gasteiger partial charge is 0.411 e. The molecule has 0 bridgehead atoms. The Balaban J connectivity index is 0.000000813. The predicted molar refractivity (Wildman–Crippen MR) is 179 cm³/mol. The Bertz CT molecular complexity index is 1130. The first-order valence-electron chi connectivity index (χ1n) is 16.1. The number of quaternary nitrogens is 1. The molecule has 44 heavy (non-hydrogen) atoms. The zero-order valence-electron chi connectivity index (χ0n) is 29.0. The van der Waals surface area contributed by atoms with Crippen LogP contribution < -0.4 is 5.32 Å². The van der Waals surface area contributed by atoms with Crippen LogP contribution in [0.4, 0.5) is 4.79 Å². The molecule has 1 saturated carbocycles. The zero-order valence-corrected chi connectivity index (χ0v) is 29.0. The summed E-state index contributed by atoms with van der Waals surface area (Å²) in [6, 6.07) is 0. The van der Waals surface area contributed by atoms with E-state index in [1.165, 1.54) is 26.4 Å². The van der Waals surface area contributed by atoms with Crippen LogP contribution >= 0.6 is 0 Å². The van der Waals surface area contributed by atoms with Crippen molar-refractivity contribution in [1.29, 1.82) is 0 Å². The largest absolute Gasteiger partial charge is 0.512 e. The predicted octanol–water partition coefficient (Wildman–Crippen LogP) is 8.21. The Morgan fingerprint density at radius 1 is 1.07 bits per heavy atom. The van der Waals surface area contributed by atoms with Crippen molar-refractivity contribution in [2.75, 3.05) is 41.4 Å². The fourth-order valence-electron chi connectivity index (χ4n) is 5.47. The zero-order chi connectivity index (χ0) is 33.3. The van der Waals surface area contributed by atoms with Gasteiger partial charge in [-0.2, -0.15) is 0 Å². The van der Waals surface area contributed by atoms with Gasteiger partial charge in [0.15, 0.2) is 0 Å². The molecular formula is C36H59N2O6+. The minimum absolute atomic E-state index is 0.0142. The van der Waals surface area contributed by atoms with Gasteiger partial charge in [0, 0.05) is 29.7 Å². The quantitative estimate of drug-likeness (QED) is 0.105. The monoisotopic (exact) mass is 615 g/mol. The van der Waals surface area contributed by atoms with E-state index < -0.39 is 12.2 Å². The standard InChI is InChI=1S/C28H44N2O4.C8H14O2/c1-10-13-21(5)27(33-9)16-15-20(4)24-19-30(7,8)18-17-25(24)29-28(32)34-22(6)23(14-11-2)26(31)12-3;1-10-8(9)7-5-3-2-4-6-7/h11,13-16,22H,10,12,17-19H2,1-9H3,(H-,29,31,32);7H,2-6H2,1H3/p+1/b14-11-,20-15+,21-13+,26-23-,27-16+;. The third-order valence-electron chi connectivity index (χ3n) is 8.13. The Labute approximate surface area is 266 Å². The number of amides is 1. The summed E-state index contributed by atoms with van der Waals surface area (Å²) in [6.07, 6.45) is 16.6. The van der Waals surface area contributed by atoms with E-state index in [0.717, 1.165) is 71.4 Å². The molecule has 0 radical (unpaired) electrons. The number of nitrogens with one attached hydrogen (secondary N) is 1. The molecule has 8 heteroatoms. The number of alkyl carbamates (subject to hydrolysis) is 1. The van der Waals surface area contributed by atoms with Gasteiger partial charge in [-0.25, -0.2) is 4.79 Å². The fourth-order valence-corrected chi connectivity index (χ4v) is 5.47. The number of allylic oxidation sites excluding steroid dienone is 6. The average Bonchev–Trinajstić information content (AvgIpc) is 3.00. The van der Waals surface area contributed by atoms with E-state index in [2.05, 4.69) is 44.1 Å². The molecule has 8 nitrogen and oxygen atoms in total. The third kappa shape index (κ3) is 13.2. The highest BCUT2D eigenvalue weighted by Crippen LogP contribution is 2.27. The fraction of sp³-hybridized carbons (Fsp3) is 0.611. The van der Waals surface area contributed by atoms with Crippen LogP contribution in [0.25, 0.3) is 0 Å². The number of carbonyl (C=O) groups is 2. The van der Waals surface area contributed by atoms with Crippen LogP contribution in [0.3, 0.4) is 0 Å². The van der Waals surface area contributed by atoms with E-state index in [1.54, 1.807) is 20.1 Å². The first-order valence-corrected chi connectivity index (χ1v) is 16.1. The molecule has 1 unspecified atom stereocenters. The van der Waals surface area contributed by atoms with Crippen LogP contribution in [-0.4, -0.2) is 69.2 Å². The van der Waals surface area contributed by atoms with Crippen molar-refractivity contribution >= 4 is 12.1 Å². The SMILES string of the molecule is C/C=C\C(=C(\O)CC)C(C)OC(=O)NC1=C(/C(C)=C/C=C(OC)\C(C)=C\CC)C[N+](C)(C)CC1.COC(=O)C1CCCCC1. The molecule has 0 spiro atoms. The molecule has 1 amide bonds. The highest BCUT2D eigenvalue weighted by atomic mass is 16.6. The normalized spacial score (nSPS) is 19.5. The van der Waals surface area contributed by atoms with E-state index >= 15 is 0 Å². The Hall–Kier alpha value is -3.26. The summed E-state index contributed by atoms with van der Waals surface area (Å²) in [7, 11) is 7.53. The second kappa shape index (κ2) is 19.9. The van der Waals surface area contributed by atoms with Crippen molar-refractivity contribution in [2.45, 2.75) is 99.0 Å². The number of nitrogens with zero attached hydrogens (tertiary/aromatic N) is 1. The van der Waals surface area contributed by atoms with E-state index in [4.69, 9.17) is 9.47 Å². The molecule has 1 aliphatic carbocycles. The van der Waals surface area contributed by atoms with Crippen LogP contribution in [-0.2, 0) is 19.0 Å². The molecule has 0 aromatic heterocycles. The van der Waals surface area contributed by atoms with E-state index in [-0.39, 0.29) is 17.6 Å². The van der Waals surface area contributed by atoms with Gasteiger partial charge in [0.25, 0.3) is 0 Å². The summed E-state index contributed by atoms with van der Waals surface area (Å²) < 4.78 is 16.7. The summed E-state index contributed by atoms with van der Waals surface area (Å²) in [5.74, 6) is 1.24. The van der Waals surface area contributed by atoms with Crippen molar-refractivity contribution in [2.24, 2.45) is 5.92 Å². The Morgan fingerprint density at radius 3 is 2.27 bits per heavy atom. The molecule has 0 aromatic carbocycles. The molecule has 2 aliphatic rings. The number of hydrogen-bond acceptors (Lipinski definition) is 6. The van der Waals surface area contributed by atoms with Crippen molar-refractivity contribution < 1.29 is 33.4 Å². The lowest BCUT2D eigenvalue weighted by Crippen LogP contribution is -2.47. The maximum absolute atomic E-state index is 12.8. The summed E-state index contributed by atoms with van der Waals surface area (Å²) in [6.45, 7) is 13.4. The maximum Gasteiger partial charge on any atom is 0.411 e. The second-order valence-corrected chi connectivity index (χ2v) is 12.2. The van der Waals surface area contributed by atoms with Crippen molar-refractivity contribution in [3.05, 3.63) is 69.9 Å². The molecule has 1 atom stereocenters. The van der Waals surface area contributed by atoms with Crippen molar-refractivity contribution in [3.8, 4) is 0 Å². The molecule has 2 rings (SSSR count). The van der Waals surface area contributed by atoms with Gasteiger partial charge in [0.1, 0.15) is 18.4 Å². The summed E-state index contributed by atoms with van der Waals surface area (Å²) >= 11 is 0. The number of aliphatic hydroxyl groups excluding tert-OH is 1. The van der Waals surface area contributed by atoms with Gasteiger partial charge in [-0.3, -0.25) is 10.1 Å². The van der Waals surface area contributed by atoms with Crippen molar-refractivity contribution in [1.82, 2.24) is 5.32 Å². The first kappa shape index (κ1) is 38.8. The van der Waals surface area contributed by atoms with Crippen molar-refractivity contribution in [3.63, 3.8) is 0 Å². The van der Waals surface area contributed by atoms with Crippen LogP contribution in [0, 0.1) is 5.92 Å². The highest BCUT2D eigenvalue weighted by molar-refractivity contribution is 5.72. The van der Waals surface area contributed by atoms with Gasteiger partial charge in [0.2, 0.25) is 0 Å². The number of likely N-dealkylation sites (N-methyl/N-ethyl adjacent to an activating group) is 1. The Morgan fingerprint density at radius 2 is 1.73 bits per heavy atom. The van der Waals surface area contributed by atoms with E-state index in [9.17, 15) is 14.7 Å². The summed E-state index contributed by atoms with van der Waals surface area (Å²) in [4.78, 5) is 23.7. The number of esters is 1. The lowest BCUT2D eigenvalue weighted by Gasteiger charge is -2.36. The van der Waals surface area contributed by atoms with Crippen LogP contribution in [0.2, 0.25) is 0 Å². The molecule has 1 fully saturated rings. The molecule has 1 aliphatic heterocycles. The number of aliphatic hydroxyl groups is 1. The minimum atomic E-state index is -0.562. The van der Waals surface area contributed by atoms with Crippen LogP contribution in [0.1, 0.15) is 92.9 Å². The Kier molecular flexibility index (Phi) is 17.5. The molecule has 248 valence electrons.